The van der Waals surface area contributed by atoms with Crippen LogP contribution in [0.3, 0.4) is 0 Å². The van der Waals surface area contributed by atoms with Gasteiger partial charge in [0.1, 0.15) is 17.1 Å². The van der Waals surface area contributed by atoms with Crippen LogP contribution in [0.5, 0.6) is 11.5 Å². The number of anilines is 1. The number of benzene rings is 2. The summed E-state index contributed by atoms with van der Waals surface area (Å²) in [5.41, 5.74) is 3.75. The van der Waals surface area contributed by atoms with E-state index in [1.807, 2.05) is 13.8 Å². The molecule has 0 unspecified atom stereocenters. The Hall–Kier alpha value is -3.43. The number of rotatable bonds is 9. The number of primary amides is 1. The Morgan fingerprint density at radius 2 is 1.65 bits per heavy atom. The summed E-state index contributed by atoms with van der Waals surface area (Å²) < 4.78 is 51.6. The molecule has 0 radical (unpaired) electrons. The number of carbonyl (C=O) groups is 2. The summed E-state index contributed by atoms with van der Waals surface area (Å²) >= 11 is 0. The lowest BCUT2D eigenvalue weighted by Gasteiger charge is -2.24. The standard InChI is InChI=1S/C24H30F3N3O4/c1-5-16(6-2)29-22(32)30-17-8-10-18(11-9-17)33-20-12-7-15(13-19(20)24(25,26)27)14-23(3,4)34-21(28)31/h7-13,16H,5-6,14H2,1-4H3,(H2,28,31)(H2,29,30,32). The van der Waals surface area contributed by atoms with Gasteiger partial charge in [-0.1, -0.05) is 19.9 Å². The molecule has 0 aliphatic heterocycles. The second kappa shape index (κ2) is 11.1. The number of hydrogen-bond donors (Lipinski definition) is 3. The van der Waals surface area contributed by atoms with Crippen molar-refractivity contribution in [1.82, 2.24) is 5.32 Å². The summed E-state index contributed by atoms with van der Waals surface area (Å²) in [4.78, 5) is 23.1. The molecule has 2 aromatic rings. The predicted octanol–water partition coefficient (Wildman–Crippen LogP) is 6.22. The van der Waals surface area contributed by atoms with Crippen molar-refractivity contribution in [2.45, 2.75) is 64.8 Å². The van der Waals surface area contributed by atoms with E-state index in [9.17, 15) is 22.8 Å². The van der Waals surface area contributed by atoms with Gasteiger partial charge in [-0.2, -0.15) is 13.2 Å². The molecule has 4 N–H and O–H groups in total. The van der Waals surface area contributed by atoms with Gasteiger partial charge in [0.2, 0.25) is 0 Å². The van der Waals surface area contributed by atoms with Crippen LogP contribution in [-0.2, 0) is 17.3 Å². The van der Waals surface area contributed by atoms with Crippen molar-refractivity contribution >= 4 is 17.8 Å². The molecule has 186 valence electrons. The van der Waals surface area contributed by atoms with Gasteiger partial charge >= 0.3 is 18.3 Å². The summed E-state index contributed by atoms with van der Waals surface area (Å²) in [6, 6.07) is 9.33. The molecule has 2 rings (SSSR count). The fraction of sp³-hybridized carbons (Fsp3) is 0.417. The molecule has 0 atom stereocenters. The Bertz CT molecular complexity index is 988. The van der Waals surface area contributed by atoms with Gasteiger partial charge in [-0.15, -0.1) is 0 Å². The van der Waals surface area contributed by atoms with Crippen LogP contribution in [0.2, 0.25) is 0 Å². The normalized spacial score (nSPS) is 11.8. The molecule has 0 saturated carbocycles. The average Bonchev–Trinajstić information content (AvgIpc) is 2.72. The van der Waals surface area contributed by atoms with Crippen LogP contribution >= 0.6 is 0 Å². The SMILES string of the molecule is CCC(CC)NC(=O)Nc1ccc(Oc2ccc(CC(C)(C)OC(N)=O)cc2C(F)(F)F)cc1. The van der Waals surface area contributed by atoms with E-state index < -0.39 is 23.4 Å². The van der Waals surface area contributed by atoms with Crippen LogP contribution in [-0.4, -0.2) is 23.8 Å². The van der Waals surface area contributed by atoms with Crippen molar-refractivity contribution in [3.8, 4) is 11.5 Å². The molecule has 0 bridgehead atoms. The number of nitrogens with one attached hydrogen (secondary N) is 2. The summed E-state index contributed by atoms with van der Waals surface area (Å²) in [5, 5.41) is 5.51. The number of alkyl halides is 3. The first-order valence-electron chi connectivity index (χ1n) is 10.9. The third-order valence-corrected chi connectivity index (χ3v) is 5.02. The van der Waals surface area contributed by atoms with Gasteiger partial charge in [-0.3, -0.25) is 0 Å². The van der Waals surface area contributed by atoms with Crippen molar-refractivity contribution in [2.24, 2.45) is 5.73 Å². The number of amides is 3. The highest BCUT2D eigenvalue weighted by Gasteiger charge is 2.35. The summed E-state index contributed by atoms with van der Waals surface area (Å²) in [6.45, 7) is 7.04. The average molecular weight is 482 g/mol. The second-order valence-electron chi connectivity index (χ2n) is 8.42. The number of urea groups is 1. The largest absolute Gasteiger partial charge is 0.457 e. The first-order chi connectivity index (χ1) is 15.8. The molecule has 0 spiro atoms. The molecule has 0 aromatic heterocycles. The van der Waals surface area contributed by atoms with Gasteiger partial charge in [0.25, 0.3) is 0 Å². The first kappa shape index (κ1) is 26.8. The zero-order chi connectivity index (χ0) is 25.5. The zero-order valence-corrected chi connectivity index (χ0v) is 19.6. The Morgan fingerprint density at radius 3 is 2.18 bits per heavy atom. The highest BCUT2D eigenvalue weighted by molar-refractivity contribution is 5.89. The maximum absolute atomic E-state index is 13.7. The molecule has 34 heavy (non-hydrogen) atoms. The molecular formula is C24H30F3N3O4. The summed E-state index contributed by atoms with van der Waals surface area (Å²) in [7, 11) is 0. The molecule has 7 nitrogen and oxygen atoms in total. The monoisotopic (exact) mass is 481 g/mol. The van der Waals surface area contributed by atoms with E-state index in [1.165, 1.54) is 36.4 Å². The van der Waals surface area contributed by atoms with Gasteiger partial charge in [0, 0.05) is 18.2 Å². The van der Waals surface area contributed by atoms with Crippen molar-refractivity contribution in [1.29, 1.82) is 0 Å². The lowest BCUT2D eigenvalue weighted by atomic mass is 9.96. The van der Waals surface area contributed by atoms with E-state index in [1.54, 1.807) is 13.8 Å². The Kier molecular flexibility index (Phi) is 8.78. The maximum Gasteiger partial charge on any atom is 0.419 e. The predicted molar refractivity (Wildman–Crippen MR) is 123 cm³/mol. The van der Waals surface area contributed by atoms with E-state index in [4.69, 9.17) is 15.2 Å². The maximum atomic E-state index is 13.7. The van der Waals surface area contributed by atoms with Gasteiger partial charge < -0.3 is 25.8 Å². The second-order valence-corrected chi connectivity index (χ2v) is 8.42. The van der Waals surface area contributed by atoms with Gasteiger partial charge in [-0.25, -0.2) is 9.59 Å². The zero-order valence-electron chi connectivity index (χ0n) is 19.6. The van der Waals surface area contributed by atoms with Crippen molar-refractivity contribution in [2.75, 3.05) is 5.32 Å². The number of halogens is 3. The number of ether oxygens (including phenoxy) is 2. The van der Waals surface area contributed by atoms with Crippen LogP contribution in [0.15, 0.2) is 42.5 Å². The minimum absolute atomic E-state index is 0.0264. The molecule has 0 aliphatic rings. The quantitative estimate of drug-likeness (QED) is 0.395. The lowest BCUT2D eigenvalue weighted by molar-refractivity contribution is -0.138. The number of nitrogens with two attached hydrogens (primary N) is 1. The molecular weight excluding hydrogens is 451 g/mol. The van der Waals surface area contributed by atoms with E-state index in [-0.39, 0.29) is 30.0 Å². The van der Waals surface area contributed by atoms with E-state index in [0.717, 1.165) is 18.9 Å². The lowest BCUT2D eigenvalue weighted by Crippen LogP contribution is -2.37. The van der Waals surface area contributed by atoms with Crippen LogP contribution in [0, 0.1) is 0 Å². The fourth-order valence-electron chi connectivity index (χ4n) is 3.38. The highest BCUT2D eigenvalue weighted by Crippen LogP contribution is 2.39. The van der Waals surface area contributed by atoms with E-state index >= 15 is 0 Å². The first-order valence-corrected chi connectivity index (χ1v) is 10.9. The van der Waals surface area contributed by atoms with Gasteiger partial charge in [-0.05, 0) is 68.7 Å². The topological polar surface area (TPSA) is 103 Å². The fourth-order valence-corrected chi connectivity index (χ4v) is 3.38. The van der Waals surface area contributed by atoms with Crippen LogP contribution in [0.4, 0.5) is 28.4 Å². The number of hydrogen-bond acceptors (Lipinski definition) is 4. The molecule has 3 amide bonds. The third-order valence-electron chi connectivity index (χ3n) is 5.02. The van der Waals surface area contributed by atoms with Crippen LogP contribution in [0.1, 0.15) is 51.7 Å². The van der Waals surface area contributed by atoms with Crippen LogP contribution in [0.25, 0.3) is 0 Å². The summed E-state index contributed by atoms with van der Waals surface area (Å²) in [5.74, 6) is -0.210. The van der Waals surface area contributed by atoms with E-state index in [2.05, 4.69) is 10.6 Å². The minimum atomic E-state index is -4.67. The van der Waals surface area contributed by atoms with Gasteiger partial charge in [0.15, 0.2) is 0 Å². The smallest absolute Gasteiger partial charge is 0.419 e. The molecule has 2 aromatic carbocycles. The molecule has 0 aliphatic carbocycles. The Labute approximate surface area is 196 Å². The van der Waals surface area contributed by atoms with E-state index in [0.29, 0.717) is 11.3 Å². The molecule has 0 saturated heterocycles. The summed E-state index contributed by atoms with van der Waals surface area (Å²) in [6.07, 6.45) is -4.06. The minimum Gasteiger partial charge on any atom is -0.457 e. The molecule has 0 heterocycles. The Balaban J connectivity index is 2.16. The van der Waals surface area contributed by atoms with Crippen molar-refractivity contribution < 1.29 is 32.2 Å². The number of carbonyl (C=O) groups excluding carboxylic acids is 2. The van der Waals surface area contributed by atoms with Crippen molar-refractivity contribution in [3.63, 3.8) is 0 Å². The molecule has 10 heteroatoms. The third kappa shape index (κ3) is 8.17. The van der Waals surface area contributed by atoms with Gasteiger partial charge in [0.05, 0.1) is 5.56 Å². The highest BCUT2D eigenvalue weighted by atomic mass is 19.4. The Morgan fingerprint density at radius 1 is 1.03 bits per heavy atom. The van der Waals surface area contributed by atoms with Crippen molar-refractivity contribution in [3.05, 3.63) is 53.6 Å². The van der Waals surface area contributed by atoms with Crippen LogP contribution < -0.4 is 21.1 Å². The molecule has 0 fully saturated rings.